The van der Waals surface area contributed by atoms with Crippen molar-refractivity contribution in [3.63, 3.8) is 0 Å². The number of rotatable bonds is 3. The molecule has 2 aromatic rings. The van der Waals surface area contributed by atoms with E-state index in [-0.39, 0.29) is 12.2 Å². The molecule has 0 bridgehead atoms. The van der Waals surface area contributed by atoms with Crippen molar-refractivity contribution in [2.24, 2.45) is 0 Å². The van der Waals surface area contributed by atoms with E-state index in [1.807, 2.05) is 6.07 Å². The molecule has 5 heteroatoms. The van der Waals surface area contributed by atoms with Crippen molar-refractivity contribution in [3.05, 3.63) is 40.8 Å². The smallest absolute Gasteiger partial charge is 0.359 e. The fourth-order valence-corrected chi connectivity index (χ4v) is 1.36. The van der Waals surface area contributed by atoms with Gasteiger partial charge in [0.1, 0.15) is 17.8 Å². The summed E-state index contributed by atoms with van der Waals surface area (Å²) in [6, 6.07) is 8.60. The normalized spacial score (nSPS) is 10.2. The molecule has 0 unspecified atom stereocenters. The van der Waals surface area contributed by atoms with Crippen molar-refractivity contribution in [1.82, 2.24) is 0 Å². The molecule has 2 rings (SSSR count). The van der Waals surface area contributed by atoms with Crippen molar-refractivity contribution < 1.29 is 14.3 Å². The first kappa shape index (κ1) is 10.2. The fourth-order valence-electron chi connectivity index (χ4n) is 1.36. The molecule has 2 N–H and O–H groups in total. The van der Waals surface area contributed by atoms with Crippen LogP contribution >= 0.6 is 0 Å². The van der Waals surface area contributed by atoms with Gasteiger partial charge in [-0.1, -0.05) is 18.2 Å². The molecule has 5 nitrogen and oxygen atoms in total. The molecule has 0 fully saturated rings. The van der Waals surface area contributed by atoms with Crippen LogP contribution in [0.4, 0.5) is 5.69 Å². The lowest BCUT2D eigenvalue weighted by atomic mass is 10.2. The van der Waals surface area contributed by atoms with Gasteiger partial charge in [-0.3, -0.25) is 4.79 Å². The topological polar surface area (TPSA) is 79.5 Å². The Morgan fingerprint density at radius 1 is 1.38 bits per heavy atom. The number of nitrogens with one attached hydrogen (secondary N) is 1. The number of anilines is 1. The van der Waals surface area contributed by atoms with E-state index in [9.17, 15) is 9.59 Å². The number of para-hydroxylation sites is 1. The number of fused-ring (bicyclic) bond motifs is 1. The molecular weight excluding hydrogens is 210 g/mol. The van der Waals surface area contributed by atoms with Crippen LogP contribution in [-0.4, -0.2) is 17.6 Å². The van der Waals surface area contributed by atoms with E-state index in [1.54, 1.807) is 24.3 Å². The van der Waals surface area contributed by atoms with Gasteiger partial charge in [0.25, 0.3) is 0 Å². The van der Waals surface area contributed by atoms with E-state index in [4.69, 9.17) is 9.52 Å². The minimum absolute atomic E-state index is 0.154. The molecule has 82 valence electrons. The Morgan fingerprint density at radius 2 is 2.12 bits per heavy atom. The van der Waals surface area contributed by atoms with Crippen LogP contribution in [0, 0.1) is 0 Å². The predicted octanol–water partition coefficient (Wildman–Crippen LogP) is 1.29. The van der Waals surface area contributed by atoms with E-state index in [0.29, 0.717) is 5.58 Å². The number of carboxylic acids is 1. The molecule has 0 spiro atoms. The van der Waals surface area contributed by atoms with Gasteiger partial charge in [0.15, 0.2) is 0 Å². The molecule has 0 saturated carbocycles. The van der Waals surface area contributed by atoms with E-state index in [2.05, 4.69) is 5.32 Å². The summed E-state index contributed by atoms with van der Waals surface area (Å²) in [5.41, 5.74) is 0.0643. The van der Waals surface area contributed by atoms with Gasteiger partial charge in [0.2, 0.25) is 0 Å². The van der Waals surface area contributed by atoms with Crippen LogP contribution in [0.1, 0.15) is 0 Å². The first-order valence-corrected chi connectivity index (χ1v) is 4.65. The highest BCUT2D eigenvalue weighted by atomic mass is 16.4. The SMILES string of the molecule is O=C(O)CNc1cc2ccccc2oc1=O. The highest BCUT2D eigenvalue weighted by Crippen LogP contribution is 2.14. The number of hydrogen-bond acceptors (Lipinski definition) is 4. The van der Waals surface area contributed by atoms with E-state index in [0.717, 1.165) is 5.39 Å². The van der Waals surface area contributed by atoms with E-state index >= 15 is 0 Å². The average Bonchev–Trinajstić information content (AvgIpc) is 2.26. The summed E-state index contributed by atoms with van der Waals surface area (Å²) >= 11 is 0. The summed E-state index contributed by atoms with van der Waals surface area (Å²) in [4.78, 5) is 21.8. The standard InChI is InChI=1S/C11H9NO4/c13-10(14)6-12-8-5-7-3-1-2-4-9(7)16-11(8)15/h1-5,12H,6H2,(H,13,14). The molecule has 0 saturated heterocycles. The molecule has 0 amide bonds. The fraction of sp³-hybridized carbons (Fsp3) is 0.0909. The maximum absolute atomic E-state index is 11.4. The van der Waals surface area contributed by atoms with Gasteiger partial charge < -0.3 is 14.8 Å². The van der Waals surface area contributed by atoms with Gasteiger partial charge in [-0.2, -0.15) is 0 Å². The van der Waals surface area contributed by atoms with E-state index < -0.39 is 11.6 Å². The van der Waals surface area contributed by atoms with Gasteiger partial charge in [-0.05, 0) is 12.1 Å². The molecule has 0 radical (unpaired) electrons. The molecule has 16 heavy (non-hydrogen) atoms. The van der Waals surface area contributed by atoms with Crippen molar-refractivity contribution in [3.8, 4) is 0 Å². The Bertz CT molecular complexity index is 588. The summed E-state index contributed by atoms with van der Waals surface area (Å²) in [7, 11) is 0. The number of hydrogen-bond donors (Lipinski definition) is 2. The molecular formula is C11H9NO4. The second kappa shape index (κ2) is 4.06. The number of carbonyl (C=O) groups is 1. The van der Waals surface area contributed by atoms with Crippen LogP contribution in [0.25, 0.3) is 11.0 Å². The molecule has 0 aliphatic rings. The quantitative estimate of drug-likeness (QED) is 0.760. The first-order valence-electron chi connectivity index (χ1n) is 4.65. The predicted molar refractivity (Wildman–Crippen MR) is 58.6 cm³/mol. The maximum atomic E-state index is 11.4. The molecule has 0 atom stereocenters. The van der Waals surface area contributed by atoms with Crippen molar-refractivity contribution in [2.45, 2.75) is 0 Å². The first-order chi connectivity index (χ1) is 7.66. The highest BCUT2D eigenvalue weighted by molar-refractivity contribution is 5.80. The number of carboxylic acid groups (broad SMARTS) is 1. The van der Waals surface area contributed by atoms with Crippen molar-refractivity contribution in [2.75, 3.05) is 11.9 Å². The molecule has 1 heterocycles. The molecule has 0 aliphatic heterocycles. The number of benzene rings is 1. The second-order valence-corrected chi connectivity index (χ2v) is 3.23. The Kier molecular flexibility index (Phi) is 2.59. The van der Waals surface area contributed by atoms with Crippen LogP contribution in [0.15, 0.2) is 39.5 Å². The minimum Gasteiger partial charge on any atom is -0.480 e. The maximum Gasteiger partial charge on any atom is 0.359 e. The van der Waals surface area contributed by atoms with Gasteiger partial charge in [-0.15, -0.1) is 0 Å². The average molecular weight is 219 g/mol. The van der Waals surface area contributed by atoms with Crippen LogP contribution in [0.5, 0.6) is 0 Å². The van der Waals surface area contributed by atoms with Crippen LogP contribution in [0.3, 0.4) is 0 Å². The summed E-state index contributed by atoms with van der Waals surface area (Å²) in [5.74, 6) is -1.03. The third-order valence-electron chi connectivity index (χ3n) is 2.07. The zero-order chi connectivity index (χ0) is 11.5. The van der Waals surface area contributed by atoms with Crippen molar-refractivity contribution in [1.29, 1.82) is 0 Å². The summed E-state index contributed by atoms with van der Waals surface area (Å²) in [6.07, 6.45) is 0. The largest absolute Gasteiger partial charge is 0.480 e. The summed E-state index contributed by atoms with van der Waals surface area (Å²) < 4.78 is 5.01. The Hall–Kier alpha value is -2.30. The zero-order valence-corrected chi connectivity index (χ0v) is 8.27. The lowest BCUT2D eigenvalue weighted by Gasteiger charge is -2.02. The van der Waals surface area contributed by atoms with Crippen LogP contribution in [0.2, 0.25) is 0 Å². The van der Waals surface area contributed by atoms with Crippen LogP contribution in [-0.2, 0) is 4.79 Å². The minimum atomic E-state index is -1.03. The van der Waals surface area contributed by atoms with E-state index in [1.165, 1.54) is 0 Å². The molecule has 0 aliphatic carbocycles. The highest BCUT2D eigenvalue weighted by Gasteiger charge is 2.05. The monoisotopic (exact) mass is 219 g/mol. The second-order valence-electron chi connectivity index (χ2n) is 3.23. The molecule has 1 aromatic heterocycles. The Balaban J connectivity index is 2.42. The number of aliphatic carboxylic acids is 1. The Labute approximate surface area is 90.3 Å². The van der Waals surface area contributed by atoms with Gasteiger partial charge in [-0.25, -0.2) is 4.79 Å². The molecule has 1 aromatic carbocycles. The zero-order valence-electron chi connectivity index (χ0n) is 8.27. The van der Waals surface area contributed by atoms with Gasteiger partial charge >= 0.3 is 11.6 Å². The summed E-state index contributed by atoms with van der Waals surface area (Å²) in [6.45, 7) is -0.316. The lowest BCUT2D eigenvalue weighted by Crippen LogP contribution is -2.17. The Morgan fingerprint density at radius 3 is 2.88 bits per heavy atom. The van der Waals surface area contributed by atoms with Gasteiger partial charge in [0, 0.05) is 5.39 Å². The lowest BCUT2D eigenvalue weighted by molar-refractivity contribution is -0.134. The van der Waals surface area contributed by atoms with Gasteiger partial charge in [0.05, 0.1) is 0 Å². The van der Waals surface area contributed by atoms with Crippen LogP contribution < -0.4 is 10.9 Å². The third-order valence-corrected chi connectivity index (χ3v) is 2.07. The summed E-state index contributed by atoms with van der Waals surface area (Å²) in [5, 5.41) is 11.7. The van der Waals surface area contributed by atoms with Crippen molar-refractivity contribution >= 4 is 22.6 Å². The third kappa shape index (κ3) is 2.03.